The van der Waals surface area contributed by atoms with Gasteiger partial charge in [0, 0.05) is 5.70 Å². The van der Waals surface area contributed by atoms with Crippen molar-refractivity contribution in [2.75, 3.05) is 0 Å². The number of allylic oxidation sites excluding steroid dienone is 3. The van der Waals surface area contributed by atoms with E-state index >= 15 is 0 Å². The zero-order valence-corrected chi connectivity index (χ0v) is 13.3. The van der Waals surface area contributed by atoms with E-state index < -0.39 is 11.8 Å². The van der Waals surface area contributed by atoms with E-state index in [-0.39, 0.29) is 5.11 Å². The van der Waals surface area contributed by atoms with E-state index in [2.05, 4.69) is 16.2 Å². The summed E-state index contributed by atoms with van der Waals surface area (Å²) in [4.78, 5) is 12.0. The lowest BCUT2D eigenvalue weighted by molar-refractivity contribution is -0.121. The molecule has 22 heavy (non-hydrogen) atoms. The summed E-state index contributed by atoms with van der Waals surface area (Å²) >= 11 is 5.07. The van der Waals surface area contributed by atoms with Crippen molar-refractivity contribution in [3.8, 4) is 6.07 Å². The number of hydrogen-bond acceptors (Lipinski definition) is 3. The molecule has 5 nitrogen and oxygen atoms in total. The van der Waals surface area contributed by atoms with Gasteiger partial charge in [-0.2, -0.15) is 5.26 Å². The lowest BCUT2D eigenvalue weighted by Gasteiger charge is -2.14. The van der Waals surface area contributed by atoms with E-state index in [9.17, 15) is 4.79 Å². The Labute approximate surface area is 135 Å². The maximum atomic E-state index is 12.0. The molecular weight excluding hydrogens is 296 g/mol. The molecule has 1 unspecified atom stereocenters. The Hall–Kier alpha value is -2.65. The molecule has 0 aliphatic heterocycles. The minimum Gasteiger partial charge on any atom is -0.332 e. The quantitative estimate of drug-likeness (QED) is 0.451. The van der Waals surface area contributed by atoms with Crippen LogP contribution in [0.2, 0.25) is 0 Å². The summed E-state index contributed by atoms with van der Waals surface area (Å²) in [6.45, 7) is 3.76. The van der Waals surface area contributed by atoms with Crippen LogP contribution in [-0.4, -0.2) is 11.0 Å². The van der Waals surface area contributed by atoms with Crippen molar-refractivity contribution < 1.29 is 4.79 Å². The highest BCUT2D eigenvalue weighted by atomic mass is 32.1. The van der Waals surface area contributed by atoms with Crippen molar-refractivity contribution in [1.29, 1.82) is 5.26 Å². The number of nitrogens with one attached hydrogen (secondary N) is 3. The fourth-order valence-corrected chi connectivity index (χ4v) is 1.84. The molecule has 1 rings (SSSR count). The highest BCUT2D eigenvalue weighted by molar-refractivity contribution is 7.80. The van der Waals surface area contributed by atoms with Gasteiger partial charge in [0.2, 0.25) is 0 Å². The first-order valence-corrected chi connectivity index (χ1v) is 7.13. The number of hydrazine groups is 1. The van der Waals surface area contributed by atoms with Gasteiger partial charge in [0.1, 0.15) is 0 Å². The van der Waals surface area contributed by atoms with Crippen LogP contribution in [0.5, 0.6) is 0 Å². The third kappa shape index (κ3) is 5.38. The van der Waals surface area contributed by atoms with Gasteiger partial charge in [-0.25, -0.2) is 0 Å². The zero-order valence-electron chi connectivity index (χ0n) is 12.5. The fourth-order valence-electron chi connectivity index (χ4n) is 1.67. The number of carbonyl (C=O) groups is 1. The summed E-state index contributed by atoms with van der Waals surface area (Å²) < 4.78 is 0. The van der Waals surface area contributed by atoms with Crippen molar-refractivity contribution in [3.05, 3.63) is 59.8 Å². The molecule has 0 aliphatic carbocycles. The summed E-state index contributed by atoms with van der Waals surface area (Å²) in [6.07, 6.45) is 5.56. The number of carbonyl (C=O) groups excluding carboxylic acids is 1. The van der Waals surface area contributed by atoms with E-state index in [1.807, 2.05) is 44.2 Å². The van der Waals surface area contributed by atoms with Crippen LogP contribution in [-0.2, 0) is 4.79 Å². The Morgan fingerprint density at radius 3 is 2.50 bits per heavy atom. The number of amides is 1. The van der Waals surface area contributed by atoms with Gasteiger partial charge < -0.3 is 5.32 Å². The number of hydrogen-bond donors (Lipinski definition) is 3. The molecule has 0 saturated carbocycles. The van der Waals surface area contributed by atoms with E-state index in [0.717, 1.165) is 5.70 Å². The van der Waals surface area contributed by atoms with Crippen molar-refractivity contribution >= 4 is 23.2 Å². The molecule has 3 N–H and O–H groups in total. The van der Waals surface area contributed by atoms with Crippen molar-refractivity contribution in [3.63, 3.8) is 0 Å². The van der Waals surface area contributed by atoms with E-state index in [1.54, 1.807) is 24.3 Å². The summed E-state index contributed by atoms with van der Waals surface area (Å²) in [6, 6.07) is 10.8. The normalized spacial score (nSPS) is 12.3. The second-order valence-electron chi connectivity index (χ2n) is 4.29. The van der Waals surface area contributed by atoms with Gasteiger partial charge >= 0.3 is 0 Å². The standard InChI is InChI=1S/C16H18N4OS/c1-3-8-13(4-2)18-16(22)20-19-15(21)14(11-17)12-9-6-5-7-10-12/h3-10,14H,1-2H3,(H,19,21)(H2,18,20,22)/b8-3-,13-4+. The first kappa shape index (κ1) is 17.4. The Morgan fingerprint density at radius 2 is 1.95 bits per heavy atom. The van der Waals surface area contributed by atoms with Gasteiger partial charge in [-0.1, -0.05) is 42.5 Å². The Morgan fingerprint density at radius 1 is 1.27 bits per heavy atom. The van der Waals surface area contributed by atoms with Crippen LogP contribution in [0.25, 0.3) is 0 Å². The van der Waals surface area contributed by atoms with Crippen LogP contribution in [0.4, 0.5) is 0 Å². The van der Waals surface area contributed by atoms with Gasteiger partial charge in [0.15, 0.2) is 11.0 Å². The summed E-state index contributed by atoms with van der Waals surface area (Å²) in [5, 5.41) is 12.3. The van der Waals surface area contributed by atoms with Crippen LogP contribution >= 0.6 is 12.2 Å². The van der Waals surface area contributed by atoms with E-state index in [0.29, 0.717) is 5.56 Å². The van der Waals surface area contributed by atoms with Crippen LogP contribution in [0.15, 0.2) is 54.3 Å². The van der Waals surface area contributed by atoms with Gasteiger partial charge in [-0.3, -0.25) is 15.6 Å². The Bertz CT molecular complexity index is 617. The number of nitrogens with zero attached hydrogens (tertiary/aromatic N) is 1. The van der Waals surface area contributed by atoms with Crippen molar-refractivity contribution in [2.45, 2.75) is 19.8 Å². The third-order valence-electron chi connectivity index (χ3n) is 2.74. The topological polar surface area (TPSA) is 76.9 Å². The molecule has 6 heteroatoms. The first-order valence-electron chi connectivity index (χ1n) is 6.72. The largest absolute Gasteiger partial charge is 0.332 e. The molecule has 0 bridgehead atoms. The van der Waals surface area contributed by atoms with Crippen LogP contribution in [0.1, 0.15) is 25.3 Å². The number of thiocarbonyl (C=S) groups is 1. The number of nitriles is 1. The molecule has 0 radical (unpaired) electrons. The first-order chi connectivity index (χ1) is 10.6. The second kappa shape index (κ2) is 9.32. The molecule has 0 heterocycles. The van der Waals surface area contributed by atoms with Gasteiger partial charge in [-0.15, -0.1) is 0 Å². The van der Waals surface area contributed by atoms with Crippen LogP contribution in [0.3, 0.4) is 0 Å². The number of rotatable bonds is 4. The predicted octanol–water partition coefficient (Wildman–Crippen LogP) is 2.27. The molecule has 1 aromatic carbocycles. The highest BCUT2D eigenvalue weighted by Gasteiger charge is 2.19. The van der Waals surface area contributed by atoms with Gasteiger partial charge in [0.25, 0.3) is 5.91 Å². The number of benzene rings is 1. The van der Waals surface area contributed by atoms with E-state index in [4.69, 9.17) is 17.5 Å². The smallest absolute Gasteiger partial charge is 0.260 e. The monoisotopic (exact) mass is 314 g/mol. The predicted molar refractivity (Wildman–Crippen MR) is 90.4 cm³/mol. The third-order valence-corrected chi connectivity index (χ3v) is 2.94. The van der Waals surface area contributed by atoms with Crippen molar-refractivity contribution in [2.24, 2.45) is 0 Å². The summed E-state index contributed by atoms with van der Waals surface area (Å²) in [7, 11) is 0. The Kier molecular flexibility index (Phi) is 7.37. The van der Waals surface area contributed by atoms with Gasteiger partial charge in [-0.05, 0) is 37.7 Å². The van der Waals surface area contributed by atoms with Gasteiger partial charge in [0.05, 0.1) is 6.07 Å². The molecule has 1 atom stereocenters. The maximum Gasteiger partial charge on any atom is 0.260 e. The summed E-state index contributed by atoms with van der Waals surface area (Å²) in [5.41, 5.74) is 6.45. The Balaban J connectivity index is 2.58. The van der Waals surface area contributed by atoms with Crippen LogP contribution < -0.4 is 16.2 Å². The molecule has 0 fully saturated rings. The minimum atomic E-state index is -0.895. The molecule has 0 aliphatic rings. The van der Waals surface area contributed by atoms with Crippen molar-refractivity contribution in [1.82, 2.24) is 16.2 Å². The molecular formula is C16H18N4OS. The highest BCUT2D eigenvalue weighted by Crippen LogP contribution is 2.13. The van der Waals surface area contributed by atoms with Crippen LogP contribution in [0, 0.1) is 11.3 Å². The SMILES string of the molecule is C/C=C\C(=C/C)NC(=S)NNC(=O)C(C#N)c1ccccc1. The molecule has 114 valence electrons. The lowest BCUT2D eigenvalue weighted by Crippen LogP contribution is -2.47. The fraction of sp³-hybridized carbons (Fsp3) is 0.188. The molecule has 0 spiro atoms. The molecule has 0 aromatic heterocycles. The minimum absolute atomic E-state index is 0.240. The maximum absolute atomic E-state index is 12.0. The molecule has 1 aromatic rings. The molecule has 0 saturated heterocycles. The zero-order chi connectivity index (χ0) is 16.4. The van der Waals surface area contributed by atoms with E-state index in [1.165, 1.54) is 0 Å². The average Bonchev–Trinajstić information content (AvgIpc) is 2.54. The lowest BCUT2D eigenvalue weighted by atomic mass is 10.0. The molecule has 1 amide bonds. The second-order valence-corrected chi connectivity index (χ2v) is 4.69. The average molecular weight is 314 g/mol. The summed E-state index contributed by atoms with van der Waals surface area (Å²) in [5.74, 6) is -1.36.